The lowest BCUT2D eigenvalue weighted by atomic mass is 9.91. The second-order valence-electron chi connectivity index (χ2n) is 14.8. The molecule has 0 radical (unpaired) electrons. The van der Waals surface area contributed by atoms with Gasteiger partial charge in [-0.15, -0.1) is 11.3 Å². The molecule has 272 valence electrons. The molecule has 58 heavy (non-hydrogen) atoms. The van der Waals surface area contributed by atoms with E-state index in [2.05, 4.69) is 229 Å². The van der Waals surface area contributed by atoms with Gasteiger partial charge in [0.15, 0.2) is 0 Å². The number of thiophene rings is 1. The molecule has 0 aliphatic carbocycles. The number of fused-ring (bicyclic) bond motifs is 6. The van der Waals surface area contributed by atoms with E-state index in [9.17, 15) is 0 Å². The molecular formula is C56H37NS. The Morgan fingerprint density at radius 2 is 0.862 bits per heavy atom. The fourth-order valence-corrected chi connectivity index (χ4v) is 10.0. The van der Waals surface area contributed by atoms with Crippen molar-refractivity contribution >= 4 is 70.1 Å². The van der Waals surface area contributed by atoms with Crippen LogP contribution in [0.3, 0.4) is 0 Å². The van der Waals surface area contributed by atoms with Crippen molar-refractivity contribution in [2.45, 2.75) is 0 Å². The van der Waals surface area contributed by atoms with Crippen LogP contribution in [0.15, 0.2) is 224 Å². The van der Waals surface area contributed by atoms with Gasteiger partial charge in [0, 0.05) is 37.0 Å². The molecule has 0 aliphatic rings. The van der Waals surface area contributed by atoms with E-state index in [1.165, 1.54) is 80.7 Å². The molecule has 1 heterocycles. The quantitative estimate of drug-likeness (QED) is 0.146. The summed E-state index contributed by atoms with van der Waals surface area (Å²) in [4.78, 5) is 2.49. The largest absolute Gasteiger partial charge is 0.309 e. The molecule has 11 aromatic rings. The monoisotopic (exact) mass is 755 g/mol. The summed E-state index contributed by atoms with van der Waals surface area (Å²) in [6, 6.07) is 82.1. The molecule has 0 aliphatic heterocycles. The minimum atomic E-state index is 1.09. The fourth-order valence-electron chi connectivity index (χ4n) is 8.76. The summed E-state index contributed by atoms with van der Waals surface area (Å²) >= 11 is 1.88. The van der Waals surface area contributed by atoms with E-state index in [0.717, 1.165) is 22.6 Å². The highest BCUT2D eigenvalue weighted by Gasteiger charge is 2.23. The first-order chi connectivity index (χ1) is 28.8. The number of rotatable bonds is 7. The lowest BCUT2D eigenvalue weighted by molar-refractivity contribution is 1.28. The Balaban J connectivity index is 1.20. The zero-order valence-corrected chi connectivity index (χ0v) is 32.5. The lowest BCUT2D eigenvalue weighted by Gasteiger charge is -2.31. The highest BCUT2D eigenvalue weighted by molar-refractivity contribution is 7.26. The minimum absolute atomic E-state index is 1.09. The van der Waals surface area contributed by atoms with Crippen LogP contribution < -0.4 is 4.90 Å². The van der Waals surface area contributed by atoms with Gasteiger partial charge in [-0.05, 0) is 91.3 Å². The molecule has 1 nitrogen and oxygen atoms in total. The minimum Gasteiger partial charge on any atom is -0.309 e. The average molecular weight is 756 g/mol. The third kappa shape index (κ3) is 5.86. The Morgan fingerprint density at radius 3 is 1.67 bits per heavy atom. The SMILES string of the molecule is c1ccc(-c2ccccc2N(c2cccc(-c3cccc4c3sc3ccccc34)c2)c2cc(-c3cc4ccccc4c4ccccc34)ccc2-c2ccccc2)cc1. The van der Waals surface area contributed by atoms with E-state index >= 15 is 0 Å². The van der Waals surface area contributed by atoms with Crippen molar-refractivity contribution in [3.8, 4) is 44.5 Å². The van der Waals surface area contributed by atoms with Crippen molar-refractivity contribution < 1.29 is 0 Å². The van der Waals surface area contributed by atoms with Crippen LogP contribution >= 0.6 is 11.3 Å². The van der Waals surface area contributed by atoms with Crippen molar-refractivity contribution in [2.75, 3.05) is 4.90 Å². The Hall–Kier alpha value is -7.26. The summed E-state index contributed by atoms with van der Waals surface area (Å²) in [5.74, 6) is 0. The normalized spacial score (nSPS) is 11.4. The Kier molecular flexibility index (Phi) is 8.42. The topological polar surface area (TPSA) is 3.24 Å². The van der Waals surface area contributed by atoms with Crippen LogP contribution in [-0.4, -0.2) is 0 Å². The summed E-state index contributed by atoms with van der Waals surface area (Å²) in [6.45, 7) is 0. The second-order valence-corrected chi connectivity index (χ2v) is 15.9. The van der Waals surface area contributed by atoms with E-state index in [1.807, 2.05) is 11.3 Å². The zero-order chi connectivity index (χ0) is 38.4. The van der Waals surface area contributed by atoms with Crippen molar-refractivity contribution in [3.05, 3.63) is 224 Å². The highest BCUT2D eigenvalue weighted by Crippen LogP contribution is 2.48. The van der Waals surface area contributed by atoms with Gasteiger partial charge in [0.25, 0.3) is 0 Å². The molecule has 0 fully saturated rings. The van der Waals surface area contributed by atoms with Crippen molar-refractivity contribution in [2.24, 2.45) is 0 Å². The van der Waals surface area contributed by atoms with Crippen LogP contribution in [0, 0.1) is 0 Å². The maximum Gasteiger partial charge on any atom is 0.0546 e. The molecule has 11 rings (SSSR count). The molecule has 0 bridgehead atoms. The van der Waals surface area contributed by atoms with Crippen molar-refractivity contribution in [3.63, 3.8) is 0 Å². The van der Waals surface area contributed by atoms with Crippen molar-refractivity contribution in [1.82, 2.24) is 0 Å². The van der Waals surface area contributed by atoms with Crippen LogP contribution in [-0.2, 0) is 0 Å². The van der Waals surface area contributed by atoms with E-state index in [1.54, 1.807) is 0 Å². The summed E-state index contributed by atoms with van der Waals surface area (Å²) in [6.07, 6.45) is 0. The molecule has 0 amide bonds. The summed E-state index contributed by atoms with van der Waals surface area (Å²) in [5.41, 5.74) is 12.8. The first kappa shape index (κ1) is 34.0. The van der Waals surface area contributed by atoms with Crippen LogP contribution in [0.2, 0.25) is 0 Å². The fraction of sp³-hybridized carbons (Fsp3) is 0. The molecule has 10 aromatic carbocycles. The summed E-state index contributed by atoms with van der Waals surface area (Å²) in [5, 5.41) is 7.63. The molecule has 2 heteroatoms. The van der Waals surface area contributed by atoms with Gasteiger partial charge in [-0.3, -0.25) is 0 Å². The van der Waals surface area contributed by atoms with E-state index in [0.29, 0.717) is 0 Å². The summed E-state index contributed by atoms with van der Waals surface area (Å²) < 4.78 is 2.62. The molecule has 0 saturated heterocycles. The first-order valence-corrected chi connectivity index (χ1v) is 20.7. The van der Waals surface area contributed by atoms with Gasteiger partial charge in [-0.25, -0.2) is 0 Å². The van der Waals surface area contributed by atoms with Crippen LogP contribution in [0.5, 0.6) is 0 Å². The number of hydrogen-bond donors (Lipinski definition) is 0. The molecular weight excluding hydrogens is 719 g/mol. The molecule has 1 aromatic heterocycles. The first-order valence-electron chi connectivity index (χ1n) is 19.8. The summed E-state index contributed by atoms with van der Waals surface area (Å²) in [7, 11) is 0. The second kappa shape index (κ2) is 14.4. The van der Waals surface area contributed by atoms with Gasteiger partial charge >= 0.3 is 0 Å². The number of hydrogen-bond acceptors (Lipinski definition) is 2. The standard InChI is InChI=1S/C56H37NS/c1-3-17-38(18-4-1)45-25-11-13-31-53(45)57(43-23-15-22-40(35-43)47-29-16-30-51-50-28-12-14-32-55(50)58-56(47)51)54-37-42(33-34-46(54)39-19-5-2-6-20-39)52-36-41-21-7-8-24-44(41)48-26-9-10-27-49(48)52/h1-37H. The van der Waals surface area contributed by atoms with Crippen LogP contribution in [0.1, 0.15) is 0 Å². The number of benzene rings is 10. The van der Waals surface area contributed by atoms with Gasteiger partial charge in [-0.1, -0.05) is 188 Å². The van der Waals surface area contributed by atoms with Gasteiger partial charge in [0.05, 0.1) is 11.4 Å². The average Bonchev–Trinajstić information content (AvgIpc) is 3.69. The molecule has 0 N–H and O–H groups in total. The molecule has 0 spiro atoms. The Bertz CT molecular complexity index is 3290. The number of nitrogens with zero attached hydrogens (tertiary/aromatic N) is 1. The number of para-hydroxylation sites is 1. The third-order valence-corrected chi connectivity index (χ3v) is 12.7. The molecule has 0 unspecified atom stereocenters. The molecule has 0 atom stereocenters. The third-order valence-electron chi connectivity index (χ3n) is 11.5. The van der Waals surface area contributed by atoms with Crippen molar-refractivity contribution in [1.29, 1.82) is 0 Å². The predicted octanol–water partition coefficient (Wildman–Crippen LogP) is 16.5. The lowest BCUT2D eigenvalue weighted by Crippen LogP contribution is -2.13. The van der Waals surface area contributed by atoms with Crippen LogP contribution in [0.4, 0.5) is 17.1 Å². The van der Waals surface area contributed by atoms with Gasteiger partial charge in [-0.2, -0.15) is 0 Å². The van der Waals surface area contributed by atoms with Crippen LogP contribution in [0.25, 0.3) is 86.2 Å². The Labute approximate surface area is 342 Å². The maximum atomic E-state index is 2.49. The predicted molar refractivity (Wildman–Crippen MR) is 251 cm³/mol. The molecule has 0 saturated carbocycles. The maximum absolute atomic E-state index is 2.49. The zero-order valence-electron chi connectivity index (χ0n) is 31.7. The highest BCUT2D eigenvalue weighted by atomic mass is 32.1. The van der Waals surface area contributed by atoms with Gasteiger partial charge in [0.2, 0.25) is 0 Å². The van der Waals surface area contributed by atoms with Gasteiger partial charge in [0.1, 0.15) is 0 Å². The van der Waals surface area contributed by atoms with E-state index < -0.39 is 0 Å². The number of anilines is 3. The van der Waals surface area contributed by atoms with Gasteiger partial charge < -0.3 is 4.90 Å². The van der Waals surface area contributed by atoms with E-state index in [4.69, 9.17) is 0 Å². The van der Waals surface area contributed by atoms with E-state index in [-0.39, 0.29) is 0 Å². The smallest absolute Gasteiger partial charge is 0.0546 e. The Morgan fingerprint density at radius 1 is 0.293 bits per heavy atom.